The number of hydrogen-bond donors (Lipinski definition) is 1. The van der Waals surface area contributed by atoms with Gasteiger partial charge < -0.3 is 20.1 Å². The van der Waals surface area contributed by atoms with E-state index in [-0.39, 0.29) is 6.04 Å². The van der Waals surface area contributed by atoms with Crippen molar-refractivity contribution in [1.82, 2.24) is 0 Å². The summed E-state index contributed by atoms with van der Waals surface area (Å²) in [6.45, 7) is 3.76. The zero-order valence-corrected chi connectivity index (χ0v) is 12.3. The van der Waals surface area contributed by atoms with Gasteiger partial charge in [-0.05, 0) is 38.3 Å². The van der Waals surface area contributed by atoms with Crippen molar-refractivity contribution in [3.8, 4) is 5.75 Å². The highest BCUT2D eigenvalue weighted by atomic mass is 16.5. The SMILES string of the molecule is COc1cccc(N2CCOC3CCCC32)c1[C@@H](C)N. The van der Waals surface area contributed by atoms with Crippen molar-refractivity contribution in [2.45, 2.75) is 44.4 Å². The van der Waals surface area contributed by atoms with Crippen molar-refractivity contribution in [2.24, 2.45) is 5.73 Å². The van der Waals surface area contributed by atoms with Crippen LogP contribution in [-0.2, 0) is 4.74 Å². The molecule has 0 amide bonds. The first kappa shape index (κ1) is 13.7. The molecule has 110 valence electrons. The van der Waals surface area contributed by atoms with Gasteiger partial charge >= 0.3 is 0 Å². The van der Waals surface area contributed by atoms with E-state index in [0.717, 1.165) is 24.5 Å². The predicted octanol–water partition coefficient (Wildman–Crippen LogP) is 2.47. The van der Waals surface area contributed by atoms with Crippen molar-refractivity contribution in [1.29, 1.82) is 0 Å². The van der Waals surface area contributed by atoms with Crippen molar-refractivity contribution in [3.63, 3.8) is 0 Å². The standard InChI is InChI=1S/C16H24N2O2/c1-11(17)16-13(6-4-8-15(16)19-2)18-9-10-20-14-7-3-5-12(14)18/h4,6,8,11-12,14H,3,5,7,9-10,17H2,1-2H3/t11-,12?,14?/m1/s1. The van der Waals surface area contributed by atoms with E-state index in [4.69, 9.17) is 15.2 Å². The summed E-state index contributed by atoms with van der Waals surface area (Å²) in [5.74, 6) is 0.888. The number of anilines is 1. The molecule has 3 rings (SSSR count). The molecule has 1 saturated carbocycles. The lowest BCUT2D eigenvalue weighted by molar-refractivity contribution is 0.0255. The van der Waals surface area contributed by atoms with Gasteiger partial charge in [-0.1, -0.05) is 6.07 Å². The number of benzene rings is 1. The van der Waals surface area contributed by atoms with Crippen LogP contribution in [0.15, 0.2) is 18.2 Å². The third-order valence-electron chi connectivity index (χ3n) is 4.51. The Labute approximate surface area is 120 Å². The maximum Gasteiger partial charge on any atom is 0.125 e. The fourth-order valence-electron chi connectivity index (χ4n) is 3.64. The van der Waals surface area contributed by atoms with Gasteiger partial charge in [0.05, 0.1) is 25.9 Å². The lowest BCUT2D eigenvalue weighted by Crippen LogP contribution is -2.49. The molecule has 4 heteroatoms. The molecule has 1 aliphatic heterocycles. The third-order valence-corrected chi connectivity index (χ3v) is 4.51. The van der Waals surface area contributed by atoms with Crippen LogP contribution < -0.4 is 15.4 Å². The molecule has 0 radical (unpaired) electrons. The summed E-state index contributed by atoms with van der Waals surface area (Å²) in [5.41, 5.74) is 8.53. The molecule has 1 saturated heterocycles. The molecule has 2 aliphatic rings. The van der Waals surface area contributed by atoms with E-state index in [9.17, 15) is 0 Å². The minimum absolute atomic E-state index is 0.0381. The second-order valence-electron chi connectivity index (χ2n) is 5.78. The molecule has 1 aliphatic carbocycles. The maximum absolute atomic E-state index is 6.20. The highest BCUT2D eigenvalue weighted by Crippen LogP contribution is 2.39. The number of methoxy groups -OCH3 is 1. The quantitative estimate of drug-likeness (QED) is 0.921. The first-order chi connectivity index (χ1) is 9.72. The van der Waals surface area contributed by atoms with Crippen LogP contribution in [0.4, 0.5) is 5.69 Å². The third kappa shape index (κ3) is 2.27. The Bertz CT molecular complexity index is 476. The summed E-state index contributed by atoms with van der Waals surface area (Å²) >= 11 is 0. The number of rotatable bonds is 3. The molecule has 0 spiro atoms. The van der Waals surface area contributed by atoms with Crippen LogP contribution in [-0.4, -0.2) is 32.4 Å². The summed E-state index contributed by atoms with van der Waals surface area (Å²) in [4.78, 5) is 2.49. The van der Waals surface area contributed by atoms with Gasteiger partial charge in [0.25, 0.3) is 0 Å². The van der Waals surface area contributed by atoms with E-state index in [1.165, 1.54) is 24.9 Å². The number of ether oxygens (including phenoxy) is 2. The number of nitrogens with zero attached hydrogens (tertiary/aromatic N) is 1. The monoisotopic (exact) mass is 276 g/mol. The highest BCUT2D eigenvalue weighted by Gasteiger charge is 2.37. The average Bonchev–Trinajstić information content (AvgIpc) is 2.94. The molecule has 20 heavy (non-hydrogen) atoms. The molecule has 1 heterocycles. The first-order valence-corrected chi connectivity index (χ1v) is 7.53. The summed E-state index contributed by atoms with van der Waals surface area (Å²) in [5, 5.41) is 0. The second kappa shape index (κ2) is 5.62. The van der Waals surface area contributed by atoms with Crippen LogP contribution in [0.1, 0.15) is 37.8 Å². The van der Waals surface area contributed by atoms with E-state index in [2.05, 4.69) is 17.0 Å². The molecule has 1 aromatic rings. The Morgan fingerprint density at radius 1 is 1.40 bits per heavy atom. The van der Waals surface area contributed by atoms with E-state index < -0.39 is 0 Å². The second-order valence-corrected chi connectivity index (χ2v) is 5.78. The lowest BCUT2D eigenvalue weighted by Gasteiger charge is -2.40. The molecule has 3 atom stereocenters. The molecule has 0 bridgehead atoms. The Balaban J connectivity index is 2.00. The topological polar surface area (TPSA) is 47.7 Å². The van der Waals surface area contributed by atoms with Crippen molar-refractivity contribution >= 4 is 5.69 Å². The minimum Gasteiger partial charge on any atom is -0.496 e. The number of fused-ring (bicyclic) bond motifs is 1. The van der Waals surface area contributed by atoms with Gasteiger partial charge in [0.15, 0.2) is 0 Å². The Hall–Kier alpha value is -1.26. The van der Waals surface area contributed by atoms with Gasteiger partial charge in [0.1, 0.15) is 5.75 Å². The summed E-state index contributed by atoms with van der Waals surface area (Å²) in [6, 6.07) is 6.67. The van der Waals surface area contributed by atoms with Crippen LogP contribution in [0.25, 0.3) is 0 Å². The normalized spacial score (nSPS) is 27.2. The highest BCUT2D eigenvalue weighted by molar-refractivity contribution is 5.61. The molecular formula is C16H24N2O2. The molecule has 2 fully saturated rings. The first-order valence-electron chi connectivity index (χ1n) is 7.53. The Kier molecular flexibility index (Phi) is 3.85. The smallest absolute Gasteiger partial charge is 0.125 e. The lowest BCUT2D eigenvalue weighted by atomic mass is 10.0. The molecule has 2 unspecified atom stereocenters. The van der Waals surface area contributed by atoms with Crippen LogP contribution in [0.5, 0.6) is 5.75 Å². The van der Waals surface area contributed by atoms with Gasteiger partial charge in [-0.15, -0.1) is 0 Å². The van der Waals surface area contributed by atoms with Crippen molar-refractivity contribution in [3.05, 3.63) is 23.8 Å². The Morgan fingerprint density at radius 3 is 3.00 bits per heavy atom. The number of nitrogens with two attached hydrogens (primary N) is 1. The average molecular weight is 276 g/mol. The molecule has 0 aromatic heterocycles. The van der Waals surface area contributed by atoms with Crippen LogP contribution in [0.3, 0.4) is 0 Å². The minimum atomic E-state index is -0.0381. The molecule has 2 N–H and O–H groups in total. The summed E-state index contributed by atoms with van der Waals surface area (Å²) in [6.07, 6.45) is 4.03. The van der Waals surface area contributed by atoms with Gasteiger partial charge in [-0.2, -0.15) is 0 Å². The Morgan fingerprint density at radius 2 is 2.25 bits per heavy atom. The summed E-state index contributed by atoms with van der Waals surface area (Å²) in [7, 11) is 1.71. The molecular weight excluding hydrogens is 252 g/mol. The van der Waals surface area contributed by atoms with Crippen LogP contribution >= 0.6 is 0 Å². The number of hydrogen-bond acceptors (Lipinski definition) is 4. The van der Waals surface area contributed by atoms with Gasteiger partial charge in [-0.25, -0.2) is 0 Å². The van der Waals surface area contributed by atoms with E-state index >= 15 is 0 Å². The number of morpholine rings is 1. The fourth-order valence-corrected chi connectivity index (χ4v) is 3.64. The zero-order valence-electron chi connectivity index (χ0n) is 12.3. The maximum atomic E-state index is 6.20. The zero-order chi connectivity index (χ0) is 14.1. The van der Waals surface area contributed by atoms with Gasteiger partial charge in [0.2, 0.25) is 0 Å². The van der Waals surface area contributed by atoms with E-state index in [1.807, 2.05) is 13.0 Å². The fraction of sp³-hybridized carbons (Fsp3) is 0.625. The van der Waals surface area contributed by atoms with E-state index in [0.29, 0.717) is 12.1 Å². The van der Waals surface area contributed by atoms with Gasteiger partial charge in [-0.3, -0.25) is 0 Å². The van der Waals surface area contributed by atoms with Crippen LogP contribution in [0, 0.1) is 0 Å². The predicted molar refractivity (Wildman–Crippen MR) is 80.3 cm³/mol. The van der Waals surface area contributed by atoms with Gasteiger partial charge in [0, 0.05) is 23.8 Å². The van der Waals surface area contributed by atoms with Crippen LogP contribution in [0.2, 0.25) is 0 Å². The van der Waals surface area contributed by atoms with Crippen molar-refractivity contribution < 1.29 is 9.47 Å². The van der Waals surface area contributed by atoms with E-state index in [1.54, 1.807) is 7.11 Å². The largest absolute Gasteiger partial charge is 0.496 e. The summed E-state index contributed by atoms with van der Waals surface area (Å²) < 4.78 is 11.4. The molecule has 4 nitrogen and oxygen atoms in total. The van der Waals surface area contributed by atoms with Crippen molar-refractivity contribution in [2.75, 3.05) is 25.2 Å². The molecule has 1 aromatic carbocycles.